The average molecular weight is 417 g/mol. The predicted octanol–water partition coefficient (Wildman–Crippen LogP) is 4.06. The highest BCUT2D eigenvalue weighted by atomic mass is 35.5. The second-order valence-corrected chi connectivity index (χ2v) is 7.77. The Labute approximate surface area is 170 Å². The van der Waals surface area contributed by atoms with Crippen LogP contribution in [0.4, 0.5) is 5.69 Å². The number of halogens is 1. The van der Waals surface area contributed by atoms with Crippen molar-refractivity contribution in [3.8, 4) is 10.8 Å². The maximum absolute atomic E-state index is 13.1. The van der Waals surface area contributed by atoms with Crippen molar-refractivity contribution in [2.75, 3.05) is 12.4 Å². The highest BCUT2D eigenvalue weighted by molar-refractivity contribution is 7.13. The molecule has 2 aromatic heterocycles. The smallest absolute Gasteiger partial charge is 0.237 e. The Bertz CT molecular complexity index is 959. The van der Waals surface area contributed by atoms with Gasteiger partial charge < -0.3 is 14.8 Å². The van der Waals surface area contributed by atoms with Gasteiger partial charge in [-0.3, -0.25) is 4.79 Å². The Hall–Kier alpha value is -2.55. The van der Waals surface area contributed by atoms with Crippen LogP contribution in [0.25, 0.3) is 0 Å². The molecule has 1 amide bonds. The van der Waals surface area contributed by atoms with E-state index in [0.29, 0.717) is 28.7 Å². The van der Waals surface area contributed by atoms with Gasteiger partial charge in [0.05, 0.1) is 24.7 Å². The summed E-state index contributed by atoms with van der Waals surface area (Å²) in [6.45, 7) is 0. The van der Waals surface area contributed by atoms with E-state index in [-0.39, 0.29) is 17.3 Å². The van der Waals surface area contributed by atoms with E-state index in [2.05, 4.69) is 20.3 Å². The average Bonchev–Trinajstić information content (AvgIpc) is 3.13. The molecule has 3 aromatic rings. The largest absolute Gasteiger partial charge is 0.442 e. The lowest BCUT2D eigenvalue weighted by atomic mass is 9.66. The number of benzene rings is 1. The summed E-state index contributed by atoms with van der Waals surface area (Å²) in [4.78, 5) is 25.3. The molecule has 0 saturated heterocycles. The second-order valence-electron chi connectivity index (χ2n) is 6.44. The summed E-state index contributed by atoms with van der Waals surface area (Å²) >= 11 is 7.02. The lowest BCUT2D eigenvalue weighted by molar-refractivity contribution is -0.131. The zero-order valence-corrected chi connectivity index (χ0v) is 16.5. The number of anilines is 1. The standard InChI is InChI=1S/C19H17ClN4O3S/c1-26-13-7-19(8-13,16(25)24-12-5-3-2-4-6-12)17-21-11-15(28-17)27-14-9-22-18(20)23-10-14/h2-6,9-11,13H,7-8H2,1H3,(H,24,25). The molecule has 0 radical (unpaired) electrons. The van der Waals surface area contributed by atoms with E-state index in [1.807, 2.05) is 30.3 Å². The van der Waals surface area contributed by atoms with E-state index in [1.54, 1.807) is 13.3 Å². The van der Waals surface area contributed by atoms with Crippen molar-refractivity contribution < 1.29 is 14.3 Å². The van der Waals surface area contributed by atoms with Gasteiger partial charge in [0.15, 0.2) is 5.75 Å². The van der Waals surface area contributed by atoms with Crippen LogP contribution in [0.1, 0.15) is 17.8 Å². The number of thiazole rings is 1. The van der Waals surface area contributed by atoms with Crippen molar-refractivity contribution in [1.82, 2.24) is 15.0 Å². The zero-order valence-electron chi connectivity index (χ0n) is 15.0. The number of hydrogen-bond acceptors (Lipinski definition) is 7. The molecule has 1 N–H and O–H groups in total. The lowest BCUT2D eigenvalue weighted by Gasteiger charge is -2.43. The number of hydrogen-bond donors (Lipinski definition) is 1. The number of aromatic nitrogens is 3. The molecule has 9 heteroatoms. The summed E-state index contributed by atoms with van der Waals surface area (Å²) in [6.07, 6.45) is 5.73. The van der Waals surface area contributed by atoms with Crippen LogP contribution in [0, 0.1) is 0 Å². The van der Waals surface area contributed by atoms with Gasteiger partial charge in [-0.25, -0.2) is 15.0 Å². The van der Waals surface area contributed by atoms with Crippen LogP contribution in [0.15, 0.2) is 48.9 Å². The fourth-order valence-electron chi connectivity index (χ4n) is 3.11. The fourth-order valence-corrected chi connectivity index (χ4v) is 4.20. The molecule has 1 aromatic carbocycles. The Morgan fingerprint density at radius 3 is 2.57 bits per heavy atom. The number of amides is 1. The van der Waals surface area contributed by atoms with Crippen LogP contribution < -0.4 is 10.1 Å². The fraction of sp³-hybridized carbons (Fsp3) is 0.263. The van der Waals surface area contributed by atoms with Gasteiger partial charge in [0.1, 0.15) is 10.4 Å². The van der Waals surface area contributed by atoms with Crippen LogP contribution in [-0.4, -0.2) is 34.1 Å². The van der Waals surface area contributed by atoms with Crippen molar-refractivity contribution in [1.29, 1.82) is 0 Å². The molecular weight excluding hydrogens is 400 g/mol. The second kappa shape index (κ2) is 7.83. The van der Waals surface area contributed by atoms with E-state index in [1.165, 1.54) is 23.7 Å². The van der Waals surface area contributed by atoms with Crippen LogP contribution >= 0.6 is 22.9 Å². The van der Waals surface area contributed by atoms with E-state index < -0.39 is 5.41 Å². The number of methoxy groups -OCH3 is 1. The number of para-hydroxylation sites is 1. The third-order valence-corrected chi connectivity index (χ3v) is 5.94. The number of nitrogens with zero attached hydrogens (tertiary/aromatic N) is 3. The van der Waals surface area contributed by atoms with Gasteiger partial charge in [0, 0.05) is 12.8 Å². The molecule has 2 heterocycles. The quantitative estimate of drug-likeness (QED) is 0.610. The topological polar surface area (TPSA) is 86.2 Å². The molecular formula is C19H17ClN4O3S. The Morgan fingerprint density at radius 2 is 1.89 bits per heavy atom. The van der Waals surface area contributed by atoms with Crippen LogP contribution in [0.5, 0.6) is 10.8 Å². The Morgan fingerprint density at radius 1 is 1.18 bits per heavy atom. The molecule has 28 heavy (non-hydrogen) atoms. The third kappa shape index (κ3) is 3.71. The Balaban J connectivity index is 1.55. The van der Waals surface area contributed by atoms with Crippen molar-refractivity contribution in [3.63, 3.8) is 0 Å². The minimum Gasteiger partial charge on any atom is -0.442 e. The number of ether oxygens (including phenoxy) is 2. The normalized spacial score (nSPS) is 21.0. The lowest BCUT2D eigenvalue weighted by Crippen LogP contribution is -2.53. The third-order valence-electron chi connectivity index (χ3n) is 4.66. The van der Waals surface area contributed by atoms with Crippen molar-refractivity contribution >= 4 is 34.5 Å². The minimum absolute atomic E-state index is 0.0273. The van der Waals surface area contributed by atoms with E-state index >= 15 is 0 Å². The molecule has 1 saturated carbocycles. The van der Waals surface area contributed by atoms with E-state index in [4.69, 9.17) is 21.1 Å². The van der Waals surface area contributed by atoms with Crippen LogP contribution in [0.2, 0.25) is 5.28 Å². The first kappa shape index (κ1) is 18.8. The molecule has 0 aliphatic heterocycles. The molecule has 1 fully saturated rings. The number of rotatable bonds is 6. The Kier molecular flexibility index (Phi) is 5.25. The maximum atomic E-state index is 13.1. The van der Waals surface area contributed by atoms with Gasteiger partial charge in [0.2, 0.25) is 16.3 Å². The summed E-state index contributed by atoms with van der Waals surface area (Å²) in [7, 11) is 1.65. The van der Waals surface area contributed by atoms with E-state index in [0.717, 1.165) is 5.69 Å². The first-order chi connectivity index (χ1) is 13.6. The van der Waals surface area contributed by atoms with Crippen LogP contribution in [-0.2, 0) is 14.9 Å². The molecule has 0 bridgehead atoms. The summed E-state index contributed by atoms with van der Waals surface area (Å²) in [5.74, 6) is 0.355. The van der Waals surface area contributed by atoms with Crippen molar-refractivity contribution in [2.45, 2.75) is 24.4 Å². The maximum Gasteiger partial charge on any atom is 0.237 e. The summed E-state index contributed by atoms with van der Waals surface area (Å²) in [5.41, 5.74) is 0.0123. The highest BCUT2D eigenvalue weighted by Crippen LogP contribution is 2.48. The molecule has 0 spiro atoms. The van der Waals surface area contributed by atoms with E-state index in [9.17, 15) is 4.79 Å². The SMILES string of the molecule is COC1CC(C(=O)Nc2ccccc2)(c2ncc(Oc3cnc(Cl)nc3)s2)C1. The summed E-state index contributed by atoms with van der Waals surface area (Å²) in [6, 6.07) is 9.37. The molecule has 4 rings (SSSR count). The first-order valence-corrected chi connectivity index (χ1v) is 9.79. The molecule has 1 aliphatic carbocycles. The predicted molar refractivity (Wildman–Crippen MR) is 106 cm³/mol. The first-order valence-electron chi connectivity index (χ1n) is 8.60. The van der Waals surface area contributed by atoms with Gasteiger partial charge >= 0.3 is 0 Å². The summed E-state index contributed by atoms with van der Waals surface area (Å²) in [5, 5.41) is 4.38. The van der Waals surface area contributed by atoms with Gasteiger partial charge in [0.25, 0.3) is 0 Å². The molecule has 0 unspecified atom stereocenters. The van der Waals surface area contributed by atoms with Crippen molar-refractivity contribution in [2.24, 2.45) is 0 Å². The van der Waals surface area contributed by atoms with Gasteiger partial charge in [-0.1, -0.05) is 29.5 Å². The van der Waals surface area contributed by atoms with Crippen molar-refractivity contribution in [3.05, 3.63) is 59.2 Å². The number of nitrogens with one attached hydrogen (secondary N) is 1. The monoisotopic (exact) mass is 416 g/mol. The molecule has 1 aliphatic rings. The van der Waals surface area contributed by atoms with Gasteiger partial charge in [-0.05, 0) is 36.6 Å². The molecule has 0 atom stereocenters. The van der Waals surface area contributed by atoms with Gasteiger partial charge in [-0.15, -0.1) is 0 Å². The highest BCUT2D eigenvalue weighted by Gasteiger charge is 2.54. The van der Waals surface area contributed by atoms with Gasteiger partial charge in [-0.2, -0.15) is 0 Å². The molecule has 144 valence electrons. The number of carbonyl (C=O) groups excluding carboxylic acids is 1. The van der Waals surface area contributed by atoms with Crippen LogP contribution in [0.3, 0.4) is 0 Å². The number of carbonyl (C=O) groups is 1. The minimum atomic E-state index is -0.737. The zero-order chi connectivity index (χ0) is 19.6. The summed E-state index contributed by atoms with van der Waals surface area (Å²) < 4.78 is 11.2. The molecule has 7 nitrogen and oxygen atoms in total.